The third-order valence-electron chi connectivity index (χ3n) is 21.0. The average Bonchev–Trinajstić information content (AvgIpc) is 0.909. The van der Waals surface area contributed by atoms with Crippen LogP contribution < -0.4 is 0 Å². The van der Waals surface area contributed by atoms with Crippen LogP contribution in [0.1, 0.15) is 478 Å². The minimum atomic E-state index is -4.97. The minimum absolute atomic E-state index is 0.109. The molecule has 17 nitrogen and oxygen atoms in total. The molecule has 0 aliphatic heterocycles. The van der Waals surface area contributed by atoms with Crippen LogP contribution in [0, 0.1) is 11.8 Å². The Morgan fingerprint density at radius 3 is 0.630 bits per heavy atom. The fourth-order valence-corrected chi connectivity index (χ4v) is 15.5. The minimum Gasteiger partial charge on any atom is -0.462 e. The van der Waals surface area contributed by atoms with Crippen molar-refractivity contribution in [1.82, 2.24) is 0 Å². The molecule has 19 heteroatoms. The van der Waals surface area contributed by atoms with Gasteiger partial charge in [0.05, 0.1) is 26.4 Å². The number of unbranched alkanes of at least 4 members (excludes halogenated alkanes) is 58. The lowest BCUT2D eigenvalue weighted by Crippen LogP contribution is -2.30. The van der Waals surface area contributed by atoms with Gasteiger partial charge in [-0.2, -0.15) is 0 Å². The predicted octanol–water partition coefficient (Wildman–Crippen LogP) is 27.4. The summed E-state index contributed by atoms with van der Waals surface area (Å²) in [6.07, 6.45) is 73.6. The quantitative estimate of drug-likeness (QED) is 0.0222. The molecule has 0 bridgehead atoms. The summed E-state index contributed by atoms with van der Waals surface area (Å²) in [5, 5.41) is 10.7. The molecule has 0 aromatic carbocycles. The first-order valence-corrected chi connectivity index (χ1v) is 49.0. The maximum atomic E-state index is 13.2. The second kappa shape index (κ2) is 80.3. The van der Waals surface area contributed by atoms with Crippen molar-refractivity contribution in [2.24, 2.45) is 11.8 Å². The Balaban J connectivity index is 5.24. The van der Waals surface area contributed by atoms with Crippen LogP contribution in [0.2, 0.25) is 0 Å². The molecule has 3 N–H and O–H groups in total. The molecule has 0 aromatic heterocycles. The van der Waals surface area contributed by atoms with Gasteiger partial charge >= 0.3 is 39.5 Å². The van der Waals surface area contributed by atoms with Crippen LogP contribution in [0.3, 0.4) is 0 Å². The highest BCUT2D eigenvalue weighted by Gasteiger charge is 2.31. The molecule has 0 rings (SSSR count). The zero-order chi connectivity index (χ0) is 79.2. The van der Waals surface area contributed by atoms with Gasteiger partial charge in [-0.1, -0.05) is 427 Å². The molecule has 0 aliphatic rings. The monoisotopic (exact) mass is 1580 g/mol. The average molecular weight is 1580 g/mol. The Bertz CT molecular complexity index is 2060. The van der Waals surface area contributed by atoms with Gasteiger partial charge < -0.3 is 33.8 Å². The lowest BCUT2D eigenvalue weighted by Gasteiger charge is -2.21. The lowest BCUT2D eigenvalue weighted by atomic mass is 10.0. The molecule has 0 aromatic rings. The maximum Gasteiger partial charge on any atom is 0.472 e. The molecule has 108 heavy (non-hydrogen) atoms. The highest BCUT2D eigenvalue weighted by atomic mass is 31.2. The van der Waals surface area contributed by atoms with E-state index in [4.69, 9.17) is 37.0 Å². The maximum absolute atomic E-state index is 13.2. The Kier molecular flexibility index (Phi) is 78.8. The lowest BCUT2D eigenvalue weighted by molar-refractivity contribution is -0.161. The first-order valence-electron chi connectivity index (χ1n) is 46.0. The first-order chi connectivity index (χ1) is 52.4. The van der Waals surface area contributed by atoms with Crippen LogP contribution >= 0.6 is 15.6 Å². The van der Waals surface area contributed by atoms with E-state index in [0.717, 1.165) is 102 Å². The standard InChI is InChI=1S/C89H174O17P2/c1-7-9-11-13-15-17-19-20-21-22-26-31-37-43-49-55-61-67-73-88(93)105-84(77-99-86(91)71-65-59-53-47-39-18-16-14-12-10-8-2)79-103-107(95,96)101-75-83(90)76-102-108(97,98)104-80-85(78-100-87(92)72-66-60-54-48-42-36-33-28-30-35-41-46-52-58-64-70-82(5)6)106-89(94)74-68-62-56-50-44-38-32-27-24-23-25-29-34-40-45-51-57-63-69-81(3)4/h81-85,90H,7-80H2,1-6H3,(H,95,96)(H,97,98)/t83-,84+,85+/m0/s1. The second-order valence-electron chi connectivity index (χ2n) is 32.9. The van der Waals surface area contributed by atoms with E-state index in [1.54, 1.807) is 0 Å². The normalized spacial score (nSPS) is 13.8. The van der Waals surface area contributed by atoms with E-state index >= 15 is 0 Å². The molecule has 0 fully saturated rings. The van der Waals surface area contributed by atoms with E-state index in [9.17, 15) is 43.2 Å². The van der Waals surface area contributed by atoms with Crippen LogP contribution in [-0.2, 0) is 65.4 Å². The highest BCUT2D eigenvalue weighted by Crippen LogP contribution is 2.45. The van der Waals surface area contributed by atoms with Gasteiger partial charge in [-0.3, -0.25) is 37.3 Å². The highest BCUT2D eigenvalue weighted by molar-refractivity contribution is 7.47. The summed E-state index contributed by atoms with van der Waals surface area (Å²) in [6.45, 7) is 9.76. The Morgan fingerprint density at radius 2 is 0.426 bits per heavy atom. The Morgan fingerprint density at radius 1 is 0.250 bits per heavy atom. The summed E-state index contributed by atoms with van der Waals surface area (Å²) < 4.78 is 69.0. The molecule has 5 atom stereocenters. The zero-order valence-electron chi connectivity index (χ0n) is 71.2. The van der Waals surface area contributed by atoms with E-state index < -0.39 is 97.5 Å². The van der Waals surface area contributed by atoms with Crippen molar-refractivity contribution in [3.8, 4) is 0 Å². The van der Waals surface area contributed by atoms with Crippen molar-refractivity contribution >= 4 is 39.5 Å². The predicted molar refractivity (Wildman–Crippen MR) is 446 cm³/mol. The van der Waals surface area contributed by atoms with Crippen molar-refractivity contribution in [2.75, 3.05) is 39.6 Å². The smallest absolute Gasteiger partial charge is 0.462 e. The van der Waals surface area contributed by atoms with E-state index in [1.165, 1.54) is 295 Å². The van der Waals surface area contributed by atoms with Crippen molar-refractivity contribution in [3.63, 3.8) is 0 Å². The van der Waals surface area contributed by atoms with Gasteiger partial charge in [0.15, 0.2) is 12.2 Å². The van der Waals surface area contributed by atoms with Crippen molar-refractivity contribution < 1.29 is 80.2 Å². The summed E-state index contributed by atoms with van der Waals surface area (Å²) in [5.74, 6) is -0.470. The molecule has 642 valence electrons. The van der Waals surface area contributed by atoms with Crippen LogP contribution in [-0.4, -0.2) is 96.7 Å². The molecule has 0 amide bonds. The fourth-order valence-electron chi connectivity index (χ4n) is 14.0. The summed E-state index contributed by atoms with van der Waals surface area (Å²) in [5.41, 5.74) is 0. The number of hydrogen-bond donors (Lipinski definition) is 3. The first kappa shape index (κ1) is 106. The van der Waals surface area contributed by atoms with Gasteiger partial charge in [0.25, 0.3) is 0 Å². The van der Waals surface area contributed by atoms with Crippen molar-refractivity contribution in [2.45, 2.75) is 496 Å². The molecule has 0 aliphatic carbocycles. The fraction of sp³-hybridized carbons (Fsp3) is 0.955. The number of carbonyl (C=O) groups is 4. The third kappa shape index (κ3) is 82.1. The van der Waals surface area contributed by atoms with E-state index in [1.807, 2.05) is 0 Å². The SMILES string of the molecule is CCCCCCCCCCCCCCCCCCCCC(=O)O[C@H](COC(=O)CCCCCCCCCCCCC)COP(=O)(O)OC[C@H](O)COP(=O)(O)OC[C@@H](COC(=O)CCCCCCCCCCCCCCCCCC(C)C)OC(=O)CCCCCCCCCCCCCCCCCCCCC(C)C. The second-order valence-corrected chi connectivity index (χ2v) is 35.8. The molecular formula is C89H174O17P2. The summed E-state index contributed by atoms with van der Waals surface area (Å²) >= 11 is 0. The van der Waals surface area contributed by atoms with Gasteiger partial charge in [-0.05, 0) is 37.5 Å². The molecular weight excluding hydrogens is 1400 g/mol. The topological polar surface area (TPSA) is 237 Å². The number of aliphatic hydroxyl groups is 1. The van der Waals surface area contributed by atoms with Crippen molar-refractivity contribution in [3.05, 3.63) is 0 Å². The van der Waals surface area contributed by atoms with E-state index in [-0.39, 0.29) is 25.7 Å². The van der Waals surface area contributed by atoms with E-state index in [0.29, 0.717) is 25.7 Å². The zero-order valence-corrected chi connectivity index (χ0v) is 73.0. The number of phosphoric acid groups is 2. The molecule has 0 heterocycles. The molecule has 0 radical (unpaired) electrons. The molecule has 2 unspecified atom stereocenters. The van der Waals surface area contributed by atoms with Crippen LogP contribution in [0.25, 0.3) is 0 Å². The summed E-state index contributed by atoms with van der Waals surface area (Å²) in [4.78, 5) is 73.3. The molecule has 0 saturated heterocycles. The number of carbonyl (C=O) groups excluding carboxylic acids is 4. The number of hydrogen-bond acceptors (Lipinski definition) is 15. The van der Waals surface area contributed by atoms with Crippen LogP contribution in [0.5, 0.6) is 0 Å². The molecule has 0 saturated carbocycles. The summed E-state index contributed by atoms with van der Waals surface area (Å²) in [7, 11) is -9.93. The number of ether oxygens (including phenoxy) is 4. The van der Waals surface area contributed by atoms with Gasteiger partial charge in [0.2, 0.25) is 0 Å². The Labute approximate surface area is 664 Å². The van der Waals surface area contributed by atoms with Crippen LogP contribution in [0.4, 0.5) is 0 Å². The Hall–Kier alpha value is -1.94. The third-order valence-corrected chi connectivity index (χ3v) is 22.9. The summed E-state index contributed by atoms with van der Waals surface area (Å²) in [6, 6.07) is 0. The largest absolute Gasteiger partial charge is 0.472 e. The number of esters is 4. The molecule has 0 spiro atoms. The van der Waals surface area contributed by atoms with Gasteiger partial charge in [0, 0.05) is 25.7 Å². The van der Waals surface area contributed by atoms with Gasteiger partial charge in [0.1, 0.15) is 19.3 Å². The van der Waals surface area contributed by atoms with Crippen molar-refractivity contribution in [1.29, 1.82) is 0 Å². The number of rotatable bonds is 88. The number of aliphatic hydroxyl groups excluding tert-OH is 1. The number of phosphoric ester groups is 2. The van der Waals surface area contributed by atoms with Gasteiger partial charge in [-0.15, -0.1) is 0 Å². The van der Waals surface area contributed by atoms with E-state index in [2.05, 4.69) is 41.5 Å². The van der Waals surface area contributed by atoms with Gasteiger partial charge in [-0.25, -0.2) is 9.13 Å². The van der Waals surface area contributed by atoms with Crippen LogP contribution in [0.15, 0.2) is 0 Å².